The van der Waals surface area contributed by atoms with Crippen LogP contribution >= 0.6 is 11.3 Å². The van der Waals surface area contributed by atoms with E-state index >= 15 is 0 Å². The van der Waals surface area contributed by atoms with Crippen LogP contribution in [0.5, 0.6) is 0 Å². The molecule has 0 aliphatic carbocycles. The first kappa shape index (κ1) is 20.4. The van der Waals surface area contributed by atoms with E-state index < -0.39 is 0 Å². The number of hydrogen-bond donors (Lipinski definition) is 2. The number of guanidine groups is 1. The summed E-state index contributed by atoms with van der Waals surface area (Å²) in [6.07, 6.45) is 1.07. The number of hydrogen-bond acceptors (Lipinski definition) is 3. The van der Waals surface area contributed by atoms with Gasteiger partial charge < -0.3 is 15.5 Å². The summed E-state index contributed by atoms with van der Waals surface area (Å²) in [7, 11) is 3.87. The van der Waals surface area contributed by atoms with E-state index in [0.717, 1.165) is 31.0 Å². The van der Waals surface area contributed by atoms with Crippen LogP contribution in [0.2, 0.25) is 0 Å². The smallest absolute Gasteiger partial charge is 0.191 e. The molecule has 1 heterocycles. The largest absolute Gasteiger partial charge is 0.357 e. The van der Waals surface area contributed by atoms with Gasteiger partial charge in [-0.1, -0.05) is 13.0 Å². The minimum atomic E-state index is -0.166. The van der Waals surface area contributed by atoms with Gasteiger partial charge in [0.1, 0.15) is 5.82 Å². The average molecular weight is 377 g/mol. The van der Waals surface area contributed by atoms with Crippen molar-refractivity contribution in [2.75, 3.05) is 20.6 Å². The van der Waals surface area contributed by atoms with E-state index in [0.29, 0.717) is 18.7 Å². The molecular weight excluding hydrogens is 347 g/mol. The minimum Gasteiger partial charge on any atom is -0.357 e. The van der Waals surface area contributed by atoms with Gasteiger partial charge in [0.15, 0.2) is 5.96 Å². The SMILES string of the molecule is CCNC(=NCc1ccc(F)c(CN(C)C)c1)NCc1ccc(CC)s1. The molecule has 0 spiro atoms. The van der Waals surface area contributed by atoms with E-state index in [1.165, 1.54) is 15.8 Å². The molecule has 4 nitrogen and oxygen atoms in total. The van der Waals surface area contributed by atoms with Crippen LogP contribution in [0.15, 0.2) is 35.3 Å². The maximum absolute atomic E-state index is 13.9. The molecule has 0 saturated carbocycles. The van der Waals surface area contributed by atoms with E-state index in [-0.39, 0.29) is 5.82 Å². The number of halogens is 1. The molecule has 2 N–H and O–H groups in total. The summed E-state index contributed by atoms with van der Waals surface area (Å²) < 4.78 is 13.9. The molecule has 1 aromatic heterocycles. The highest BCUT2D eigenvalue weighted by Gasteiger charge is 2.06. The lowest BCUT2D eigenvalue weighted by Crippen LogP contribution is -2.36. The minimum absolute atomic E-state index is 0.166. The molecule has 0 radical (unpaired) electrons. The maximum atomic E-state index is 13.9. The van der Waals surface area contributed by atoms with Crippen LogP contribution in [-0.2, 0) is 26.1 Å². The standard InChI is InChI=1S/C20H29FN4S/c1-5-17-8-9-18(26-17)13-24-20(22-6-2)23-12-15-7-10-19(21)16(11-15)14-25(3)4/h7-11H,5-6,12-14H2,1-4H3,(H2,22,23,24). The van der Waals surface area contributed by atoms with Crippen LogP contribution in [0.25, 0.3) is 0 Å². The molecule has 2 rings (SSSR count). The third kappa shape index (κ3) is 6.42. The fourth-order valence-corrected chi connectivity index (χ4v) is 3.48. The molecule has 0 saturated heterocycles. The van der Waals surface area contributed by atoms with Gasteiger partial charge in [0.25, 0.3) is 0 Å². The summed E-state index contributed by atoms with van der Waals surface area (Å²) in [5.41, 5.74) is 1.70. The van der Waals surface area contributed by atoms with Crippen LogP contribution in [0.3, 0.4) is 0 Å². The number of aryl methyl sites for hydroxylation is 1. The Bertz CT molecular complexity index is 724. The van der Waals surface area contributed by atoms with E-state index in [1.54, 1.807) is 6.07 Å². The second-order valence-electron chi connectivity index (χ2n) is 6.43. The zero-order valence-electron chi connectivity index (χ0n) is 16.1. The van der Waals surface area contributed by atoms with Gasteiger partial charge in [-0.05, 0) is 57.3 Å². The zero-order valence-corrected chi connectivity index (χ0v) is 16.9. The Morgan fingerprint density at radius 2 is 1.88 bits per heavy atom. The summed E-state index contributed by atoms with van der Waals surface area (Å²) in [6.45, 7) is 6.87. The first-order chi connectivity index (χ1) is 12.5. The summed E-state index contributed by atoms with van der Waals surface area (Å²) in [4.78, 5) is 9.29. The molecule has 1 aromatic carbocycles. The van der Waals surface area contributed by atoms with Crippen molar-refractivity contribution in [1.29, 1.82) is 0 Å². The van der Waals surface area contributed by atoms with Gasteiger partial charge in [-0.25, -0.2) is 9.38 Å². The van der Waals surface area contributed by atoms with Crippen molar-refractivity contribution in [3.8, 4) is 0 Å². The molecule has 6 heteroatoms. The molecule has 0 aliphatic rings. The van der Waals surface area contributed by atoms with Gasteiger partial charge in [-0.15, -0.1) is 11.3 Å². The molecule has 0 atom stereocenters. The lowest BCUT2D eigenvalue weighted by Gasteiger charge is -2.13. The number of aliphatic imine (C=N–C) groups is 1. The maximum Gasteiger partial charge on any atom is 0.191 e. The number of thiophene rings is 1. The molecule has 0 fully saturated rings. The molecule has 0 bridgehead atoms. The van der Waals surface area contributed by atoms with E-state index in [9.17, 15) is 4.39 Å². The van der Waals surface area contributed by atoms with Gasteiger partial charge in [0.05, 0.1) is 13.1 Å². The van der Waals surface area contributed by atoms with Crippen molar-refractivity contribution < 1.29 is 4.39 Å². The molecule has 0 unspecified atom stereocenters. The van der Waals surface area contributed by atoms with Crippen molar-refractivity contribution in [3.63, 3.8) is 0 Å². The van der Waals surface area contributed by atoms with Crippen LogP contribution < -0.4 is 10.6 Å². The second-order valence-corrected chi connectivity index (χ2v) is 7.69. The van der Waals surface area contributed by atoms with Crippen molar-refractivity contribution >= 4 is 17.3 Å². The Labute approximate surface area is 160 Å². The lowest BCUT2D eigenvalue weighted by molar-refractivity contribution is 0.392. The zero-order chi connectivity index (χ0) is 18.9. The third-order valence-electron chi connectivity index (χ3n) is 3.86. The Morgan fingerprint density at radius 1 is 1.12 bits per heavy atom. The van der Waals surface area contributed by atoms with Gasteiger partial charge in [0, 0.05) is 28.4 Å². The molecule has 142 valence electrons. The molecule has 0 aliphatic heterocycles. The van der Waals surface area contributed by atoms with E-state index in [1.807, 2.05) is 43.3 Å². The first-order valence-corrected chi connectivity index (χ1v) is 9.85. The molecule has 26 heavy (non-hydrogen) atoms. The van der Waals surface area contributed by atoms with Crippen LogP contribution in [0.1, 0.15) is 34.7 Å². The highest BCUT2D eigenvalue weighted by molar-refractivity contribution is 7.11. The summed E-state index contributed by atoms with van der Waals surface area (Å²) in [6, 6.07) is 9.57. The Balaban J connectivity index is 2.01. The highest BCUT2D eigenvalue weighted by atomic mass is 32.1. The number of nitrogens with zero attached hydrogens (tertiary/aromatic N) is 2. The first-order valence-electron chi connectivity index (χ1n) is 9.03. The van der Waals surface area contributed by atoms with Gasteiger partial charge in [-0.2, -0.15) is 0 Å². The topological polar surface area (TPSA) is 39.7 Å². The van der Waals surface area contributed by atoms with E-state index in [4.69, 9.17) is 0 Å². The van der Waals surface area contributed by atoms with Crippen molar-refractivity contribution in [2.24, 2.45) is 4.99 Å². The predicted octanol–water partition coefficient (Wildman–Crippen LogP) is 3.77. The Morgan fingerprint density at radius 3 is 2.54 bits per heavy atom. The van der Waals surface area contributed by atoms with Gasteiger partial charge in [-0.3, -0.25) is 0 Å². The summed E-state index contributed by atoms with van der Waals surface area (Å²) in [5, 5.41) is 6.63. The monoisotopic (exact) mass is 376 g/mol. The van der Waals surface area contributed by atoms with Crippen molar-refractivity contribution in [2.45, 2.75) is 39.9 Å². The fourth-order valence-electron chi connectivity index (χ4n) is 2.58. The van der Waals surface area contributed by atoms with Crippen molar-refractivity contribution in [3.05, 3.63) is 57.0 Å². The highest BCUT2D eigenvalue weighted by Crippen LogP contribution is 2.16. The number of benzene rings is 1. The molecule has 0 amide bonds. The van der Waals surface area contributed by atoms with Gasteiger partial charge in [0.2, 0.25) is 0 Å². The number of nitrogens with one attached hydrogen (secondary N) is 2. The normalized spacial score (nSPS) is 11.8. The van der Waals surface area contributed by atoms with Gasteiger partial charge >= 0.3 is 0 Å². The molecule has 2 aromatic rings. The quantitative estimate of drug-likeness (QED) is 0.544. The predicted molar refractivity (Wildman–Crippen MR) is 109 cm³/mol. The van der Waals surface area contributed by atoms with Crippen LogP contribution in [-0.4, -0.2) is 31.5 Å². The summed E-state index contributed by atoms with van der Waals surface area (Å²) in [5.74, 6) is 0.610. The fraction of sp³-hybridized carbons (Fsp3) is 0.450. The Kier molecular flexibility index (Phi) is 8.06. The number of rotatable bonds is 8. The summed E-state index contributed by atoms with van der Waals surface area (Å²) >= 11 is 1.83. The molecular formula is C20H29FN4S. The Hall–Kier alpha value is -1.92. The third-order valence-corrected chi connectivity index (χ3v) is 5.09. The second kappa shape index (κ2) is 10.3. The lowest BCUT2D eigenvalue weighted by atomic mass is 10.1. The van der Waals surface area contributed by atoms with Crippen LogP contribution in [0, 0.1) is 5.82 Å². The average Bonchev–Trinajstić information content (AvgIpc) is 3.07. The van der Waals surface area contributed by atoms with E-state index in [2.05, 4.69) is 34.7 Å². The van der Waals surface area contributed by atoms with Crippen LogP contribution in [0.4, 0.5) is 4.39 Å². The van der Waals surface area contributed by atoms with Crippen molar-refractivity contribution in [1.82, 2.24) is 15.5 Å².